The summed E-state index contributed by atoms with van der Waals surface area (Å²) in [5.74, 6) is -0.560. The van der Waals surface area contributed by atoms with Gasteiger partial charge >= 0.3 is 6.61 Å². The van der Waals surface area contributed by atoms with Crippen LogP contribution in [0.5, 0.6) is 5.75 Å². The first-order valence-electron chi connectivity index (χ1n) is 7.42. The molecule has 0 radical (unpaired) electrons. The largest absolute Gasteiger partial charge is 0.433 e. The standard InChI is InChI=1S/C15H18Cl2F2N2O3.ClH/c16-10-5-9(13(11(17)6-10)24-15(18)19)7-21-14(22)12(20)8-1-3-23-4-2-8;/h5-6,8,12,15H,1-4,7,20H2,(H,21,22);1H. The van der Waals surface area contributed by atoms with Gasteiger partial charge in [0.25, 0.3) is 0 Å². The fraction of sp³-hybridized carbons (Fsp3) is 0.533. The van der Waals surface area contributed by atoms with Gasteiger partial charge in [0.15, 0.2) is 0 Å². The highest BCUT2D eigenvalue weighted by Crippen LogP contribution is 2.33. The van der Waals surface area contributed by atoms with Crippen LogP contribution in [-0.4, -0.2) is 31.8 Å². The summed E-state index contributed by atoms with van der Waals surface area (Å²) < 4.78 is 34.7. The van der Waals surface area contributed by atoms with E-state index in [0.717, 1.165) is 0 Å². The van der Waals surface area contributed by atoms with Crippen LogP contribution in [-0.2, 0) is 16.1 Å². The fourth-order valence-electron chi connectivity index (χ4n) is 2.56. The first-order chi connectivity index (χ1) is 11.4. The third-order valence-electron chi connectivity index (χ3n) is 3.82. The van der Waals surface area contributed by atoms with Crippen molar-refractivity contribution in [1.82, 2.24) is 5.32 Å². The Morgan fingerprint density at radius 2 is 2.00 bits per heavy atom. The third-order valence-corrected chi connectivity index (χ3v) is 4.32. The van der Waals surface area contributed by atoms with E-state index >= 15 is 0 Å². The van der Waals surface area contributed by atoms with Gasteiger partial charge in [-0.1, -0.05) is 23.2 Å². The SMILES string of the molecule is Cl.NC(C(=O)NCc1cc(Cl)cc(Cl)c1OC(F)F)C1CCOCC1. The molecule has 0 saturated carbocycles. The Morgan fingerprint density at radius 3 is 2.60 bits per heavy atom. The number of alkyl halides is 2. The number of nitrogens with one attached hydrogen (secondary N) is 1. The Balaban J connectivity index is 0.00000312. The number of ether oxygens (including phenoxy) is 2. The molecular formula is C15H19Cl3F2N2O3. The summed E-state index contributed by atoms with van der Waals surface area (Å²) >= 11 is 11.8. The average molecular weight is 420 g/mol. The summed E-state index contributed by atoms with van der Waals surface area (Å²) in [6.45, 7) is -1.97. The minimum absolute atomic E-state index is 0. The van der Waals surface area contributed by atoms with Crippen molar-refractivity contribution in [3.63, 3.8) is 0 Å². The van der Waals surface area contributed by atoms with Crippen LogP contribution in [0, 0.1) is 5.92 Å². The molecule has 1 atom stereocenters. The van der Waals surface area contributed by atoms with Crippen LogP contribution < -0.4 is 15.8 Å². The van der Waals surface area contributed by atoms with Crippen molar-refractivity contribution in [1.29, 1.82) is 0 Å². The summed E-state index contributed by atoms with van der Waals surface area (Å²) in [5.41, 5.74) is 6.21. The van der Waals surface area contributed by atoms with E-state index in [9.17, 15) is 13.6 Å². The maximum atomic E-state index is 12.5. The molecule has 25 heavy (non-hydrogen) atoms. The van der Waals surface area contributed by atoms with Gasteiger partial charge in [0.05, 0.1) is 11.1 Å². The van der Waals surface area contributed by atoms with Crippen molar-refractivity contribution in [2.24, 2.45) is 11.7 Å². The Morgan fingerprint density at radius 1 is 1.36 bits per heavy atom. The second-order valence-corrected chi connectivity index (χ2v) is 6.29. The van der Waals surface area contributed by atoms with E-state index in [0.29, 0.717) is 26.1 Å². The van der Waals surface area contributed by atoms with E-state index in [1.807, 2.05) is 0 Å². The second kappa shape index (κ2) is 10.3. The molecule has 1 unspecified atom stereocenters. The lowest BCUT2D eigenvalue weighted by Gasteiger charge is -2.26. The molecule has 1 aliphatic heterocycles. The number of rotatable bonds is 6. The predicted octanol–water partition coefficient (Wildman–Crippen LogP) is 3.39. The molecule has 0 aromatic heterocycles. The van der Waals surface area contributed by atoms with Crippen LogP contribution in [0.25, 0.3) is 0 Å². The van der Waals surface area contributed by atoms with Crippen molar-refractivity contribution < 1.29 is 23.0 Å². The van der Waals surface area contributed by atoms with Crippen molar-refractivity contribution in [3.05, 3.63) is 27.7 Å². The average Bonchev–Trinajstić information content (AvgIpc) is 2.55. The lowest BCUT2D eigenvalue weighted by Crippen LogP contribution is -2.46. The van der Waals surface area contributed by atoms with Gasteiger partial charge in [-0.3, -0.25) is 4.79 Å². The summed E-state index contributed by atoms with van der Waals surface area (Å²) in [4.78, 5) is 12.2. The van der Waals surface area contributed by atoms with Crippen LogP contribution >= 0.6 is 35.6 Å². The summed E-state index contributed by atoms with van der Waals surface area (Å²) in [5, 5.41) is 2.81. The lowest BCUT2D eigenvalue weighted by atomic mass is 9.92. The molecule has 1 aromatic carbocycles. The maximum absolute atomic E-state index is 12.5. The molecule has 10 heteroatoms. The highest BCUT2D eigenvalue weighted by molar-refractivity contribution is 6.35. The van der Waals surface area contributed by atoms with Crippen molar-refractivity contribution in [2.75, 3.05) is 13.2 Å². The van der Waals surface area contributed by atoms with Crippen molar-refractivity contribution in [2.45, 2.75) is 32.0 Å². The number of benzene rings is 1. The number of nitrogens with two attached hydrogens (primary N) is 1. The molecule has 1 aliphatic rings. The summed E-state index contributed by atoms with van der Waals surface area (Å²) in [7, 11) is 0. The molecule has 3 N–H and O–H groups in total. The van der Waals surface area contributed by atoms with Gasteiger partial charge in [-0.05, 0) is 30.9 Å². The highest BCUT2D eigenvalue weighted by Gasteiger charge is 2.26. The molecule has 5 nitrogen and oxygen atoms in total. The second-order valence-electron chi connectivity index (χ2n) is 5.45. The van der Waals surface area contributed by atoms with Gasteiger partial charge < -0.3 is 20.5 Å². The molecule has 1 heterocycles. The van der Waals surface area contributed by atoms with Gasteiger partial charge in [0.2, 0.25) is 5.91 Å². The molecule has 2 rings (SSSR count). The molecule has 0 spiro atoms. The smallest absolute Gasteiger partial charge is 0.387 e. The quantitative estimate of drug-likeness (QED) is 0.741. The Bertz CT molecular complexity index is 587. The van der Waals surface area contributed by atoms with E-state index < -0.39 is 12.7 Å². The topological polar surface area (TPSA) is 73.6 Å². The zero-order valence-electron chi connectivity index (χ0n) is 13.1. The van der Waals surface area contributed by atoms with E-state index in [1.54, 1.807) is 0 Å². The van der Waals surface area contributed by atoms with E-state index in [4.69, 9.17) is 33.7 Å². The normalized spacial score (nSPS) is 16.2. The number of carbonyl (C=O) groups excluding carboxylic acids is 1. The first kappa shape index (κ1) is 22.2. The number of hydrogen-bond donors (Lipinski definition) is 2. The van der Waals surface area contributed by atoms with Gasteiger partial charge in [-0.2, -0.15) is 8.78 Å². The highest BCUT2D eigenvalue weighted by atomic mass is 35.5. The van der Waals surface area contributed by atoms with Gasteiger partial charge in [0.1, 0.15) is 5.75 Å². The molecule has 1 saturated heterocycles. The van der Waals surface area contributed by atoms with Crippen molar-refractivity contribution >= 4 is 41.5 Å². The van der Waals surface area contributed by atoms with Crippen LogP contribution in [0.4, 0.5) is 8.78 Å². The molecule has 1 amide bonds. The van der Waals surface area contributed by atoms with Gasteiger partial charge in [0, 0.05) is 30.3 Å². The first-order valence-corrected chi connectivity index (χ1v) is 8.18. The number of carbonyl (C=O) groups is 1. The zero-order chi connectivity index (χ0) is 17.7. The number of hydrogen-bond acceptors (Lipinski definition) is 4. The van der Waals surface area contributed by atoms with Crippen LogP contribution in [0.2, 0.25) is 10.0 Å². The third kappa shape index (κ3) is 6.42. The van der Waals surface area contributed by atoms with Gasteiger partial charge in [-0.25, -0.2) is 0 Å². The van der Waals surface area contributed by atoms with Crippen LogP contribution in [0.1, 0.15) is 18.4 Å². The predicted molar refractivity (Wildman–Crippen MR) is 93.7 cm³/mol. The van der Waals surface area contributed by atoms with E-state index in [2.05, 4.69) is 10.1 Å². The van der Waals surface area contributed by atoms with Crippen molar-refractivity contribution in [3.8, 4) is 5.75 Å². The molecule has 0 bridgehead atoms. The number of amides is 1. The maximum Gasteiger partial charge on any atom is 0.387 e. The van der Waals surface area contributed by atoms with E-state index in [-0.39, 0.29) is 52.1 Å². The molecule has 1 fully saturated rings. The van der Waals surface area contributed by atoms with E-state index in [1.165, 1.54) is 12.1 Å². The fourth-order valence-corrected chi connectivity index (χ4v) is 3.14. The molecule has 142 valence electrons. The molecular weight excluding hydrogens is 401 g/mol. The zero-order valence-corrected chi connectivity index (χ0v) is 15.5. The number of halogens is 5. The lowest BCUT2D eigenvalue weighted by molar-refractivity contribution is -0.124. The Hall–Kier alpha value is -0.860. The van der Waals surface area contributed by atoms with Gasteiger partial charge in [-0.15, -0.1) is 12.4 Å². The minimum Gasteiger partial charge on any atom is -0.433 e. The molecule has 1 aromatic rings. The summed E-state index contributed by atoms with van der Waals surface area (Å²) in [6, 6.07) is 2.01. The van der Waals surface area contributed by atoms with Crippen LogP contribution in [0.15, 0.2) is 12.1 Å². The molecule has 0 aliphatic carbocycles. The monoisotopic (exact) mass is 418 g/mol. The van der Waals surface area contributed by atoms with Crippen LogP contribution in [0.3, 0.4) is 0 Å². The Labute approximate surface area is 160 Å². The Kier molecular flexibility index (Phi) is 9.16. The minimum atomic E-state index is -3.04. The summed E-state index contributed by atoms with van der Waals surface area (Å²) in [6.07, 6.45) is 1.41.